The van der Waals surface area contributed by atoms with Crippen molar-refractivity contribution in [1.82, 2.24) is 5.32 Å². The molecule has 2 N–H and O–H groups in total. The summed E-state index contributed by atoms with van der Waals surface area (Å²) in [5.41, 5.74) is 0. The monoisotopic (exact) mass is 243 g/mol. The Kier molecular flexibility index (Phi) is 5.41. The van der Waals surface area contributed by atoms with Crippen molar-refractivity contribution in [3.05, 3.63) is 0 Å². The Balaban J connectivity index is 2.29. The van der Waals surface area contributed by atoms with Crippen molar-refractivity contribution in [2.45, 2.75) is 39.2 Å². The molecule has 1 amide bonds. The molecular formula is C12H21NO4. The molecule has 1 saturated carbocycles. The van der Waals surface area contributed by atoms with Crippen LogP contribution in [0.15, 0.2) is 0 Å². The van der Waals surface area contributed by atoms with Crippen LogP contribution in [0.4, 0.5) is 0 Å². The van der Waals surface area contributed by atoms with Crippen LogP contribution in [0.5, 0.6) is 0 Å². The number of ether oxygens (including phenoxy) is 1. The smallest absolute Gasteiger partial charge is 0.307 e. The molecule has 0 spiro atoms. The Bertz CT molecular complexity index is 278. The summed E-state index contributed by atoms with van der Waals surface area (Å²) in [6, 6.07) is 0. The Hall–Kier alpha value is -1.10. The van der Waals surface area contributed by atoms with E-state index in [1.54, 1.807) is 0 Å². The molecule has 0 heterocycles. The first-order valence-corrected chi connectivity index (χ1v) is 6.14. The van der Waals surface area contributed by atoms with E-state index in [1.165, 1.54) is 0 Å². The second kappa shape index (κ2) is 6.59. The largest absolute Gasteiger partial charge is 0.481 e. The second-order valence-electron chi connectivity index (χ2n) is 4.69. The lowest BCUT2D eigenvalue weighted by molar-refractivity contribution is -0.146. The Labute approximate surface area is 102 Å². The van der Waals surface area contributed by atoms with Crippen molar-refractivity contribution in [1.29, 1.82) is 0 Å². The van der Waals surface area contributed by atoms with Crippen LogP contribution in [0.1, 0.15) is 33.1 Å². The summed E-state index contributed by atoms with van der Waals surface area (Å²) < 4.78 is 5.30. The van der Waals surface area contributed by atoms with Gasteiger partial charge in [0.2, 0.25) is 5.91 Å². The van der Waals surface area contributed by atoms with Gasteiger partial charge < -0.3 is 15.2 Å². The van der Waals surface area contributed by atoms with E-state index in [1.807, 2.05) is 13.8 Å². The van der Waals surface area contributed by atoms with E-state index in [4.69, 9.17) is 9.84 Å². The Morgan fingerprint density at radius 2 is 2.00 bits per heavy atom. The third kappa shape index (κ3) is 4.34. The first-order valence-electron chi connectivity index (χ1n) is 6.14. The van der Waals surface area contributed by atoms with Crippen molar-refractivity contribution in [3.63, 3.8) is 0 Å². The maximum atomic E-state index is 11.8. The predicted molar refractivity (Wildman–Crippen MR) is 62.6 cm³/mol. The minimum absolute atomic E-state index is 0.144. The van der Waals surface area contributed by atoms with Crippen molar-refractivity contribution in [3.8, 4) is 0 Å². The van der Waals surface area contributed by atoms with Crippen molar-refractivity contribution < 1.29 is 19.4 Å². The second-order valence-corrected chi connectivity index (χ2v) is 4.69. The molecule has 0 aromatic rings. The van der Waals surface area contributed by atoms with E-state index in [0.717, 1.165) is 6.42 Å². The van der Waals surface area contributed by atoms with E-state index in [9.17, 15) is 9.59 Å². The maximum absolute atomic E-state index is 11.8. The van der Waals surface area contributed by atoms with Crippen molar-refractivity contribution in [2.24, 2.45) is 11.8 Å². The maximum Gasteiger partial charge on any atom is 0.307 e. The molecule has 17 heavy (non-hydrogen) atoms. The minimum atomic E-state index is -0.860. The molecule has 0 aliphatic heterocycles. The van der Waals surface area contributed by atoms with E-state index in [0.29, 0.717) is 26.0 Å². The Morgan fingerprint density at radius 1 is 1.35 bits per heavy atom. The third-order valence-corrected chi connectivity index (χ3v) is 3.02. The molecule has 0 saturated heterocycles. The fourth-order valence-corrected chi connectivity index (χ4v) is 2.17. The quantitative estimate of drug-likeness (QED) is 0.683. The normalized spacial score (nSPS) is 23.9. The van der Waals surface area contributed by atoms with Gasteiger partial charge in [-0.3, -0.25) is 9.59 Å². The van der Waals surface area contributed by atoms with Gasteiger partial charge >= 0.3 is 5.97 Å². The van der Waals surface area contributed by atoms with Crippen LogP contribution in [-0.2, 0) is 14.3 Å². The van der Waals surface area contributed by atoms with Gasteiger partial charge in [-0.25, -0.2) is 0 Å². The zero-order valence-electron chi connectivity index (χ0n) is 10.4. The zero-order chi connectivity index (χ0) is 12.8. The first-order chi connectivity index (χ1) is 8.02. The average Bonchev–Trinajstić information content (AvgIpc) is 2.72. The number of rotatable bonds is 6. The minimum Gasteiger partial charge on any atom is -0.481 e. The lowest BCUT2D eigenvalue weighted by Gasteiger charge is -2.16. The van der Waals surface area contributed by atoms with E-state index in [2.05, 4.69) is 5.32 Å². The molecule has 0 unspecified atom stereocenters. The predicted octanol–water partition coefficient (Wildman–Crippen LogP) is 1.03. The molecule has 0 aromatic carbocycles. The Morgan fingerprint density at radius 3 is 2.59 bits per heavy atom. The van der Waals surface area contributed by atoms with E-state index >= 15 is 0 Å². The summed E-state index contributed by atoms with van der Waals surface area (Å²) >= 11 is 0. The number of carboxylic acid groups (broad SMARTS) is 1. The highest BCUT2D eigenvalue weighted by Crippen LogP contribution is 2.31. The van der Waals surface area contributed by atoms with Gasteiger partial charge in [0.25, 0.3) is 0 Å². The van der Waals surface area contributed by atoms with Crippen molar-refractivity contribution in [2.75, 3.05) is 13.2 Å². The molecule has 1 fully saturated rings. The van der Waals surface area contributed by atoms with Crippen LogP contribution >= 0.6 is 0 Å². The van der Waals surface area contributed by atoms with Gasteiger partial charge in [-0.1, -0.05) is 6.42 Å². The van der Waals surface area contributed by atoms with Crippen molar-refractivity contribution >= 4 is 11.9 Å². The molecule has 98 valence electrons. The van der Waals surface area contributed by atoms with Gasteiger partial charge in [-0.2, -0.15) is 0 Å². The lowest BCUT2D eigenvalue weighted by Crippen LogP contribution is -2.37. The number of hydrogen-bond acceptors (Lipinski definition) is 3. The topological polar surface area (TPSA) is 75.6 Å². The molecule has 1 aliphatic carbocycles. The summed E-state index contributed by atoms with van der Waals surface area (Å²) in [7, 11) is 0. The molecule has 1 rings (SSSR count). The zero-order valence-corrected chi connectivity index (χ0v) is 10.4. The fourth-order valence-electron chi connectivity index (χ4n) is 2.17. The number of carboxylic acids is 1. The van der Waals surface area contributed by atoms with Crippen LogP contribution in [0, 0.1) is 11.8 Å². The van der Waals surface area contributed by atoms with Gasteiger partial charge in [0, 0.05) is 6.54 Å². The summed E-state index contributed by atoms with van der Waals surface area (Å²) in [6.45, 7) is 4.77. The van der Waals surface area contributed by atoms with Gasteiger partial charge in [0.1, 0.15) is 0 Å². The molecule has 0 bridgehead atoms. The van der Waals surface area contributed by atoms with Gasteiger partial charge in [-0.15, -0.1) is 0 Å². The number of carbonyl (C=O) groups is 2. The first kappa shape index (κ1) is 14.0. The van der Waals surface area contributed by atoms with E-state index in [-0.39, 0.29) is 17.9 Å². The summed E-state index contributed by atoms with van der Waals surface area (Å²) in [6.07, 6.45) is 2.24. The summed E-state index contributed by atoms with van der Waals surface area (Å²) in [5.74, 6) is -1.89. The molecule has 0 aromatic heterocycles. The summed E-state index contributed by atoms with van der Waals surface area (Å²) in [4.78, 5) is 22.7. The molecular weight excluding hydrogens is 222 g/mol. The highest BCUT2D eigenvalue weighted by molar-refractivity contribution is 5.85. The average molecular weight is 243 g/mol. The number of nitrogens with one attached hydrogen (secondary N) is 1. The standard InChI is InChI=1S/C12H21NO4/c1-8(2)17-7-6-13-11(14)9-4-3-5-10(9)12(15)16/h8-10H,3-7H2,1-2H3,(H,13,14)(H,15,16)/t9-,10+/m1/s1. The van der Waals surface area contributed by atoms with Gasteiger partial charge in [-0.05, 0) is 26.7 Å². The molecule has 1 aliphatic rings. The highest BCUT2D eigenvalue weighted by Gasteiger charge is 2.37. The van der Waals surface area contributed by atoms with Crippen LogP contribution in [0.25, 0.3) is 0 Å². The molecule has 5 nitrogen and oxygen atoms in total. The van der Waals surface area contributed by atoms with Crippen LogP contribution in [0.3, 0.4) is 0 Å². The van der Waals surface area contributed by atoms with Crippen LogP contribution < -0.4 is 5.32 Å². The van der Waals surface area contributed by atoms with E-state index < -0.39 is 11.9 Å². The third-order valence-electron chi connectivity index (χ3n) is 3.02. The summed E-state index contributed by atoms with van der Waals surface area (Å²) in [5, 5.41) is 11.7. The molecule has 5 heteroatoms. The number of hydrogen-bond donors (Lipinski definition) is 2. The highest BCUT2D eigenvalue weighted by atomic mass is 16.5. The molecule has 0 radical (unpaired) electrons. The number of amides is 1. The van der Waals surface area contributed by atoms with Crippen LogP contribution in [-0.4, -0.2) is 36.2 Å². The number of aliphatic carboxylic acids is 1. The van der Waals surface area contributed by atoms with Gasteiger partial charge in [0.15, 0.2) is 0 Å². The van der Waals surface area contributed by atoms with Crippen LogP contribution in [0.2, 0.25) is 0 Å². The fraction of sp³-hybridized carbons (Fsp3) is 0.833. The van der Waals surface area contributed by atoms with Gasteiger partial charge in [0.05, 0.1) is 24.5 Å². The molecule has 2 atom stereocenters. The number of carbonyl (C=O) groups excluding carboxylic acids is 1. The SMILES string of the molecule is CC(C)OCCNC(=O)[C@@H]1CCC[C@@H]1C(=O)O. The lowest BCUT2D eigenvalue weighted by atomic mass is 9.95.